The normalized spacial score (nSPS) is 13.8. The maximum atomic E-state index is 12.5. The summed E-state index contributed by atoms with van der Waals surface area (Å²) in [6.45, 7) is 7.07. The molecular weight excluding hydrogens is 362 g/mol. The highest BCUT2D eigenvalue weighted by molar-refractivity contribution is 7.14. The monoisotopic (exact) mass is 387 g/mol. The molecule has 3 rings (SSSR count). The van der Waals surface area contributed by atoms with Crippen LogP contribution in [0.1, 0.15) is 46.4 Å². The molecule has 0 saturated heterocycles. The number of hydrogen-bond donors (Lipinski definition) is 2. The first-order chi connectivity index (χ1) is 12.7. The zero-order valence-electron chi connectivity index (χ0n) is 15.9. The predicted octanol–water partition coefficient (Wildman–Crippen LogP) is 3.55. The van der Waals surface area contributed by atoms with E-state index >= 15 is 0 Å². The average molecular weight is 388 g/mol. The van der Waals surface area contributed by atoms with Crippen molar-refractivity contribution in [1.29, 1.82) is 0 Å². The number of nitrogen functional groups attached to an aromatic ring is 1. The third-order valence-corrected chi connectivity index (χ3v) is 5.38. The van der Waals surface area contributed by atoms with E-state index in [0.29, 0.717) is 30.2 Å². The molecule has 0 aliphatic carbocycles. The Balaban J connectivity index is 1.62. The highest BCUT2D eigenvalue weighted by atomic mass is 32.1. The van der Waals surface area contributed by atoms with Crippen LogP contribution in [0.2, 0.25) is 0 Å². The molecule has 2 aromatic rings. The summed E-state index contributed by atoms with van der Waals surface area (Å²) in [6, 6.07) is 9.33. The fourth-order valence-electron chi connectivity index (χ4n) is 2.90. The molecule has 1 aromatic heterocycles. The Morgan fingerprint density at radius 3 is 2.78 bits per heavy atom. The zero-order valence-corrected chi connectivity index (χ0v) is 16.7. The van der Waals surface area contributed by atoms with Gasteiger partial charge in [-0.3, -0.25) is 4.79 Å². The number of carbonyl (C=O) groups excluding carboxylic acids is 2. The van der Waals surface area contributed by atoms with Crippen molar-refractivity contribution in [1.82, 2.24) is 10.2 Å². The second-order valence-corrected chi connectivity index (χ2v) is 8.78. The van der Waals surface area contributed by atoms with Gasteiger partial charge in [0.25, 0.3) is 5.91 Å². The Morgan fingerprint density at radius 1 is 1.30 bits per heavy atom. The van der Waals surface area contributed by atoms with Crippen LogP contribution in [0.4, 0.5) is 10.5 Å². The number of nitrogens with two attached hydrogens (primary N) is 1. The molecule has 0 spiro atoms. The van der Waals surface area contributed by atoms with Crippen LogP contribution in [0.3, 0.4) is 0 Å². The van der Waals surface area contributed by atoms with Crippen LogP contribution in [-0.2, 0) is 24.2 Å². The molecule has 1 aromatic carbocycles. The summed E-state index contributed by atoms with van der Waals surface area (Å²) in [7, 11) is 0. The molecule has 7 heteroatoms. The quantitative estimate of drug-likeness (QED) is 0.789. The topological polar surface area (TPSA) is 84.7 Å². The first-order valence-electron chi connectivity index (χ1n) is 8.93. The zero-order chi connectivity index (χ0) is 19.6. The van der Waals surface area contributed by atoms with Gasteiger partial charge in [0, 0.05) is 23.7 Å². The number of anilines is 1. The maximum Gasteiger partial charge on any atom is 0.410 e. The van der Waals surface area contributed by atoms with E-state index in [0.717, 1.165) is 22.4 Å². The van der Waals surface area contributed by atoms with Crippen LogP contribution >= 0.6 is 11.3 Å². The molecule has 0 unspecified atom stereocenters. The van der Waals surface area contributed by atoms with Crippen LogP contribution < -0.4 is 11.1 Å². The lowest BCUT2D eigenvalue weighted by atomic mass is 10.1. The number of thiophene rings is 1. The van der Waals surface area contributed by atoms with Crippen LogP contribution in [-0.4, -0.2) is 29.0 Å². The number of benzene rings is 1. The van der Waals surface area contributed by atoms with Crippen LogP contribution in [0.15, 0.2) is 30.3 Å². The highest BCUT2D eigenvalue weighted by Gasteiger charge is 2.27. The Bertz CT molecular complexity index is 854. The highest BCUT2D eigenvalue weighted by Crippen LogP contribution is 2.29. The van der Waals surface area contributed by atoms with Gasteiger partial charge in [-0.25, -0.2) is 4.79 Å². The molecular formula is C20H25N3O3S. The lowest BCUT2D eigenvalue weighted by Crippen LogP contribution is -2.39. The number of nitrogens with one attached hydrogen (secondary N) is 1. The largest absolute Gasteiger partial charge is 0.444 e. The van der Waals surface area contributed by atoms with Gasteiger partial charge in [-0.15, -0.1) is 11.3 Å². The summed E-state index contributed by atoms with van der Waals surface area (Å²) >= 11 is 1.49. The number of nitrogens with zero attached hydrogens (tertiary/aromatic N) is 1. The summed E-state index contributed by atoms with van der Waals surface area (Å²) in [6.07, 6.45) is 0.425. The Labute approximate surface area is 163 Å². The summed E-state index contributed by atoms with van der Waals surface area (Å²) in [5.41, 5.74) is 7.90. The number of fused-ring (bicyclic) bond motifs is 1. The van der Waals surface area contributed by atoms with E-state index in [4.69, 9.17) is 10.5 Å². The van der Waals surface area contributed by atoms with E-state index in [1.165, 1.54) is 11.3 Å². The number of ether oxygens (including phenoxy) is 1. The van der Waals surface area contributed by atoms with Gasteiger partial charge < -0.3 is 20.7 Å². The fraction of sp³-hybridized carbons (Fsp3) is 0.400. The molecule has 1 aliphatic rings. The van der Waals surface area contributed by atoms with Crippen molar-refractivity contribution in [2.75, 3.05) is 12.3 Å². The summed E-state index contributed by atoms with van der Waals surface area (Å²) < 4.78 is 5.44. The Morgan fingerprint density at radius 2 is 2.07 bits per heavy atom. The first kappa shape index (κ1) is 19.2. The molecule has 0 fully saturated rings. The lowest BCUT2D eigenvalue weighted by Gasteiger charge is -2.29. The van der Waals surface area contributed by atoms with Crippen molar-refractivity contribution in [2.24, 2.45) is 0 Å². The number of carbonyl (C=O) groups is 2. The van der Waals surface area contributed by atoms with Crippen molar-refractivity contribution in [3.63, 3.8) is 0 Å². The first-order valence-corrected chi connectivity index (χ1v) is 9.75. The van der Waals surface area contributed by atoms with Crippen molar-refractivity contribution in [3.05, 3.63) is 51.2 Å². The average Bonchev–Trinajstić information content (AvgIpc) is 3.01. The van der Waals surface area contributed by atoms with Gasteiger partial charge >= 0.3 is 6.09 Å². The van der Waals surface area contributed by atoms with Crippen LogP contribution in [0.25, 0.3) is 0 Å². The van der Waals surface area contributed by atoms with Gasteiger partial charge in [0.05, 0.1) is 11.4 Å². The molecule has 27 heavy (non-hydrogen) atoms. The van der Waals surface area contributed by atoms with Gasteiger partial charge in [-0.2, -0.15) is 0 Å². The minimum atomic E-state index is -0.516. The molecule has 0 saturated carbocycles. The molecule has 1 aliphatic heterocycles. The van der Waals surface area contributed by atoms with E-state index in [1.807, 2.05) is 51.1 Å². The van der Waals surface area contributed by atoms with E-state index in [9.17, 15) is 9.59 Å². The minimum Gasteiger partial charge on any atom is -0.444 e. The van der Waals surface area contributed by atoms with E-state index < -0.39 is 5.60 Å². The Hall–Kier alpha value is -2.54. The molecule has 3 N–H and O–H groups in total. The van der Waals surface area contributed by atoms with Crippen molar-refractivity contribution in [2.45, 2.75) is 45.9 Å². The molecule has 144 valence electrons. The summed E-state index contributed by atoms with van der Waals surface area (Å²) in [5, 5.41) is 2.93. The third kappa shape index (κ3) is 5.01. The molecule has 0 bridgehead atoms. The second kappa shape index (κ2) is 7.60. The minimum absolute atomic E-state index is 0.111. The van der Waals surface area contributed by atoms with E-state index in [1.54, 1.807) is 4.90 Å². The third-order valence-electron chi connectivity index (χ3n) is 4.15. The molecule has 2 heterocycles. The smallest absolute Gasteiger partial charge is 0.410 e. The Kier molecular flexibility index (Phi) is 5.41. The summed E-state index contributed by atoms with van der Waals surface area (Å²) in [5.74, 6) is -0.111. The van der Waals surface area contributed by atoms with Crippen molar-refractivity contribution >= 4 is 29.0 Å². The second-order valence-electron chi connectivity index (χ2n) is 7.64. The SMILES string of the molecule is CC(C)(C)OC(=O)N1CCc2sc(C(=O)NCc3cccc(N)c3)cc2C1. The molecule has 0 radical (unpaired) electrons. The fourth-order valence-corrected chi connectivity index (χ4v) is 3.98. The van der Waals surface area contributed by atoms with E-state index in [2.05, 4.69) is 5.32 Å². The standard InChI is InChI=1S/C20H25N3O3S/c1-20(2,3)26-19(25)23-8-7-16-14(12-23)10-17(27-16)18(24)22-11-13-5-4-6-15(21)9-13/h4-6,9-10H,7-8,11-12,21H2,1-3H3,(H,22,24). The number of hydrogen-bond acceptors (Lipinski definition) is 5. The molecule has 2 amide bonds. The maximum absolute atomic E-state index is 12.5. The van der Waals surface area contributed by atoms with Crippen LogP contribution in [0.5, 0.6) is 0 Å². The van der Waals surface area contributed by atoms with Crippen molar-refractivity contribution < 1.29 is 14.3 Å². The van der Waals surface area contributed by atoms with Gasteiger partial charge in [0.15, 0.2) is 0 Å². The molecule has 6 nitrogen and oxygen atoms in total. The van der Waals surface area contributed by atoms with E-state index in [-0.39, 0.29) is 12.0 Å². The van der Waals surface area contributed by atoms with Crippen LogP contribution in [0, 0.1) is 0 Å². The predicted molar refractivity (Wildman–Crippen MR) is 107 cm³/mol. The molecule has 0 atom stereocenters. The van der Waals surface area contributed by atoms with Gasteiger partial charge in [0.2, 0.25) is 0 Å². The summed E-state index contributed by atoms with van der Waals surface area (Å²) in [4.78, 5) is 28.3. The number of amides is 2. The van der Waals surface area contributed by atoms with Crippen molar-refractivity contribution in [3.8, 4) is 0 Å². The number of rotatable bonds is 3. The van der Waals surface area contributed by atoms with Gasteiger partial charge in [-0.1, -0.05) is 12.1 Å². The van der Waals surface area contributed by atoms with Gasteiger partial charge in [0.1, 0.15) is 5.60 Å². The lowest BCUT2D eigenvalue weighted by molar-refractivity contribution is 0.0225. The van der Waals surface area contributed by atoms with Gasteiger partial charge in [-0.05, 0) is 56.5 Å².